The van der Waals surface area contributed by atoms with E-state index in [9.17, 15) is 0 Å². The van der Waals surface area contributed by atoms with Gasteiger partial charge in [0.15, 0.2) is 0 Å². The van der Waals surface area contributed by atoms with Crippen LogP contribution in [0.3, 0.4) is 0 Å². The highest BCUT2D eigenvalue weighted by molar-refractivity contribution is 5.30. The average molecular weight is 178 g/mol. The van der Waals surface area contributed by atoms with Gasteiger partial charge in [-0.1, -0.05) is 20.8 Å². The topological polar surface area (TPSA) is 35.8 Å². The number of rotatable bonds is 2. The van der Waals surface area contributed by atoms with Crippen LogP contribution in [0.15, 0.2) is 0 Å². The maximum absolute atomic E-state index is 8.85. The lowest BCUT2D eigenvalue weighted by atomic mass is 9.40. The van der Waals surface area contributed by atoms with Gasteiger partial charge in [-0.05, 0) is 24.7 Å². The van der Waals surface area contributed by atoms with Crippen molar-refractivity contribution in [2.75, 3.05) is 6.54 Å². The maximum atomic E-state index is 8.85. The summed E-state index contributed by atoms with van der Waals surface area (Å²) in [7, 11) is 0. The summed E-state index contributed by atoms with van der Waals surface area (Å²) < 4.78 is 0. The lowest BCUT2D eigenvalue weighted by Gasteiger charge is -2.67. The van der Waals surface area contributed by atoms with Crippen LogP contribution in [-0.4, -0.2) is 12.1 Å². The molecular formula is C11H18N2. The zero-order chi connectivity index (χ0) is 9.74. The standard InChI is InChI=1S/C11H18N2/c1-9(2,3)8-13-11-4-10(5-11,6-11)7-12/h13H,4-6,8H2,1-3H3. The first-order valence-corrected chi connectivity index (χ1v) is 5.05. The third-order valence-electron chi connectivity index (χ3n) is 3.26. The first kappa shape index (κ1) is 9.02. The van der Waals surface area contributed by atoms with Crippen molar-refractivity contribution >= 4 is 0 Å². The molecule has 0 saturated heterocycles. The molecule has 1 N–H and O–H groups in total. The zero-order valence-corrected chi connectivity index (χ0v) is 8.78. The largest absolute Gasteiger partial charge is 0.311 e. The Bertz CT molecular complexity index is 247. The van der Waals surface area contributed by atoms with E-state index in [1.54, 1.807) is 0 Å². The van der Waals surface area contributed by atoms with Gasteiger partial charge >= 0.3 is 0 Å². The maximum Gasteiger partial charge on any atom is 0.0691 e. The second kappa shape index (κ2) is 2.27. The van der Waals surface area contributed by atoms with Gasteiger partial charge in [-0.3, -0.25) is 0 Å². The van der Waals surface area contributed by atoms with Crippen LogP contribution in [0.2, 0.25) is 0 Å². The Labute approximate surface area is 80.3 Å². The molecule has 13 heavy (non-hydrogen) atoms. The number of hydrogen-bond donors (Lipinski definition) is 1. The molecule has 0 amide bonds. The molecule has 0 unspecified atom stereocenters. The van der Waals surface area contributed by atoms with E-state index in [0.29, 0.717) is 11.0 Å². The second-order valence-corrected chi connectivity index (χ2v) is 6.12. The molecule has 2 heteroatoms. The molecule has 3 rings (SSSR count). The molecular weight excluding hydrogens is 160 g/mol. The van der Waals surface area contributed by atoms with Crippen LogP contribution in [0, 0.1) is 22.2 Å². The van der Waals surface area contributed by atoms with E-state index in [0.717, 1.165) is 25.8 Å². The summed E-state index contributed by atoms with van der Waals surface area (Å²) >= 11 is 0. The fourth-order valence-electron chi connectivity index (χ4n) is 2.55. The molecule has 3 fully saturated rings. The molecule has 0 aromatic rings. The van der Waals surface area contributed by atoms with E-state index >= 15 is 0 Å². The molecule has 0 aliphatic heterocycles. The fraction of sp³-hybridized carbons (Fsp3) is 0.909. The van der Waals surface area contributed by atoms with Gasteiger partial charge in [0.25, 0.3) is 0 Å². The quantitative estimate of drug-likeness (QED) is 0.702. The average Bonchev–Trinajstić information content (AvgIpc) is 1.79. The van der Waals surface area contributed by atoms with Crippen LogP contribution in [0.1, 0.15) is 40.0 Å². The van der Waals surface area contributed by atoms with Crippen molar-refractivity contribution in [3.05, 3.63) is 0 Å². The van der Waals surface area contributed by atoms with Gasteiger partial charge in [-0.25, -0.2) is 0 Å². The monoisotopic (exact) mass is 178 g/mol. The van der Waals surface area contributed by atoms with E-state index in [4.69, 9.17) is 5.26 Å². The number of hydrogen-bond acceptors (Lipinski definition) is 2. The SMILES string of the molecule is CC(C)(C)CNC12CC(C#N)(C1)C2. The molecule has 3 aliphatic carbocycles. The molecule has 0 atom stereocenters. The summed E-state index contributed by atoms with van der Waals surface area (Å²) in [5.41, 5.74) is 0.809. The van der Waals surface area contributed by atoms with Crippen molar-refractivity contribution in [2.24, 2.45) is 10.8 Å². The van der Waals surface area contributed by atoms with Crippen molar-refractivity contribution in [1.29, 1.82) is 5.26 Å². The Kier molecular flexibility index (Phi) is 1.58. The summed E-state index contributed by atoms with van der Waals surface area (Å²) in [6.45, 7) is 7.79. The molecule has 2 bridgehead atoms. The van der Waals surface area contributed by atoms with Crippen molar-refractivity contribution in [3.63, 3.8) is 0 Å². The normalized spacial score (nSPS) is 41.7. The lowest BCUT2D eigenvalue weighted by Crippen LogP contribution is -2.73. The molecule has 0 aromatic carbocycles. The van der Waals surface area contributed by atoms with Gasteiger partial charge in [-0.15, -0.1) is 0 Å². The number of nitriles is 1. The summed E-state index contributed by atoms with van der Waals surface area (Å²) in [5.74, 6) is 0. The minimum absolute atomic E-state index is 0.0882. The minimum atomic E-state index is 0.0882. The molecule has 0 heterocycles. The Morgan fingerprint density at radius 2 is 1.85 bits per heavy atom. The molecule has 3 saturated carbocycles. The fourth-order valence-corrected chi connectivity index (χ4v) is 2.55. The van der Waals surface area contributed by atoms with E-state index < -0.39 is 0 Å². The predicted octanol–water partition coefficient (Wildman–Crippen LogP) is 2.07. The van der Waals surface area contributed by atoms with E-state index in [-0.39, 0.29) is 5.41 Å². The minimum Gasteiger partial charge on any atom is -0.311 e. The summed E-state index contributed by atoms with van der Waals surface area (Å²) in [5, 5.41) is 12.5. The van der Waals surface area contributed by atoms with Gasteiger partial charge in [0.2, 0.25) is 0 Å². The highest BCUT2D eigenvalue weighted by Crippen LogP contribution is 2.66. The van der Waals surface area contributed by atoms with Gasteiger partial charge in [0.1, 0.15) is 0 Å². The van der Waals surface area contributed by atoms with Crippen molar-refractivity contribution < 1.29 is 0 Å². The summed E-state index contributed by atoms with van der Waals surface area (Å²) in [6.07, 6.45) is 3.27. The second-order valence-electron chi connectivity index (χ2n) is 6.12. The van der Waals surface area contributed by atoms with Gasteiger partial charge in [0, 0.05) is 12.1 Å². The number of nitrogens with zero attached hydrogens (tertiary/aromatic N) is 1. The van der Waals surface area contributed by atoms with Crippen LogP contribution in [0.25, 0.3) is 0 Å². The first-order valence-electron chi connectivity index (χ1n) is 5.05. The van der Waals surface area contributed by atoms with E-state index in [1.165, 1.54) is 0 Å². The molecule has 2 nitrogen and oxygen atoms in total. The first-order chi connectivity index (χ1) is 5.89. The smallest absolute Gasteiger partial charge is 0.0691 e. The van der Waals surface area contributed by atoms with Crippen LogP contribution >= 0.6 is 0 Å². The molecule has 3 aliphatic rings. The van der Waals surface area contributed by atoms with Crippen LogP contribution in [0.5, 0.6) is 0 Å². The zero-order valence-electron chi connectivity index (χ0n) is 8.78. The third-order valence-corrected chi connectivity index (χ3v) is 3.26. The lowest BCUT2D eigenvalue weighted by molar-refractivity contribution is -0.113. The highest BCUT2D eigenvalue weighted by atomic mass is 15.1. The van der Waals surface area contributed by atoms with E-state index in [1.807, 2.05) is 0 Å². The molecule has 72 valence electrons. The predicted molar refractivity (Wildman–Crippen MR) is 52.1 cm³/mol. The summed E-state index contributed by atoms with van der Waals surface area (Å²) in [6, 6.07) is 2.43. The molecule has 0 aromatic heterocycles. The van der Waals surface area contributed by atoms with Gasteiger partial charge in [-0.2, -0.15) is 5.26 Å². The third kappa shape index (κ3) is 1.36. The Morgan fingerprint density at radius 3 is 2.23 bits per heavy atom. The van der Waals surface area contributed by atoms with Crippen molar-refractivity contribution in [2.45, 2.75) is 45.6 Å². The van der Waals surface area contributed by atoms with Gasteiger partial charge in [0.05, 0.1) is 11.5 Å². The van der Waals surface area contributed by atoms with Gasteiger partial charge < -0.3 is 5.32 Å². The van der Waals surface area contributed by atoms with Crippen LogP contribution < -0.4 is 5.32 Å². The van der Waals surface area contributed by atoms with Crippen LogP contribution in [0.4, 0.5) is 0 Å². The highest BCUT2D eigenvalue weighted by Gasteiger charge is 2.68. The molecule has 0 spiro atoms. The number of nitrogens with one attached hydrogen (secondary N) is 1. The van der Waals surface area contributed by atoms with Crippen molar-refractivity contribution in [3.8, 4) is 6.07 Å². The van der Waals surface area contributed by atoms with Crippen molar-refractivity contribution in [1.82, 2.24) is 5.32 Å². The Morgan fingerprint density at radius 1 is 1.31 bits per heavy atom. The van der Waals surface area contributed by atoms with Crippen LogP contribution in [-0.2, 0) is 0 Å². The molecule has 0 radical (unpaired) electrons. The van der Waals surface area contributed by atoms with E-state index in [2.05, 4.69) is 32.2 Å². The summed E-state index contributed by atoms with van der Waals surface area (Å²) in [4.78, 5) is 0. The Hall–Kier alpha value is -0.550. The Balaban J connectivity index is 1.80.